The number of aromatic nitrogens is 1. The molecule has 0 saturated heterocycles. The summed E-state index contributed by atoms with van der Waals surface area (Å²) in [7, 11) is 0. The maximum atomic E-state index is 13.3. The monoisotopic (exact) mass is 388 g/mol. The van der Waals surface area contributed by atoms with E-state index in [2.05, 4.69) is 5.32 Å². The third-order valence-corrected chi connectivity index (χ3v) is 5.74. The number of amides is 1. The fourth-order valence-electron chi connectivity index (χ4n) is 4.26. The third kappa shape index (κ3) is 4.12. The molecule has 150 valence electrons. The van der Waals surface area contributed by atoms with Crippen LogP contribution in [0.2, 0.25) is 0 Å². The molecule has 29 heavy (non-hydrogen) atoms. The van der Waals surface area contributed by atoms with Gasteiger partial charge in [0, 0.05) is 17.0 Å². The van der Waals surface area contributed by atoms with Gasteiger partial charge in [0.05, 0.1) is 23.4 Å². The van der Waals surface area contributed by atoms with Crippen LogP contribution >= 0.6 is 0 Å². The number of nitrogens with zero attached hydrogens (tertiary/aromatic N) is 1. The van der Waals surface area contributed by atoms with Crippen molar-refractivity contribution >= 4 is 16.8 Å². The molecule has 0 atom stereocenters. The molecule has 4 heteroatoms. The molecule has 1 N–H and O–H groups in total. The molecule has 1 aliphatic carbocycles. The molecule has 4 rings (SSSR count). The van der Waals surface area contributed by atoms with Crippen molar-refractivity contribution in [2.75, 3.05) is 6.61 Å². The molecule has 1 aliphatic rings. The Morgan fingerprint density at radius 1 is 1.07 bits per heavy atom. The first-order chi connectivity index (χ1) is 14.2. The number of ether oxygens (including phenoxy) is 1. The van der Waals surface area contributed by atoms with Gasteiger partial charge in [0.1, 0.15) is 5.75 Å². The second-order valence-electron chi connectivity index (χ2n) is 7.74. The van der Waals surface area contributed by atoms with E-state index in [4.69, 9.17) is 9.72 Å². The highest BCUT2D eigenvalue weighted by Crippen LogP contribution is 2.31. The fraction of sp³-hybridized carbons (Fsp3) is 0.360. The molecule has 3 aromatic rings. The summed E-state index contributed by atoms with van der Waals surface area (Å²) in [6.07, 6.45) is 5.79. The number of para-hydroxylation sites is 1. The molecule has 0 aliphatic heterocycles. The van der Waals surface area contributed by atoms with Crippen molar-refractivity contribution in [1.29, 1.82) is 0 Å². The van der Waals surface area contributed by atoms with Crippen LogP contribution in [0.1, 0.15) is 54.9 Å². The summed E-state index contributed by atoms with van der Waals surface area (Å²) in [5, 5.41) is 4.20. The Morgan fingerprint density at radius 3 is 2.52 bits per heavy atom. The van der Waals surface area contributed by atoms with Gasteiger partial charge in [-0.05, 0) is 62.6 Å². The van der Waals surface area contributed by atoms with E-state index < -0.39 is 0 Å². The van der Waals surface area contributed by atoms with Gasteiger partial charge in [0.2, 0.25) is 0 Å². The lowest BCUT2D eigenvalue weighted by Gasteiger charge is -2.24. The highest BCUT2D eigenvalue weighted by Gasteiger charge is 2.22. The Balaban J connectivity index is 1.76. The summed E-state index contributed by atoms with van der Waals surface area (Å²) < 4.78 is 5.56. The number of carbonyl (C=O) groups is 1. The van der Waals surface area contributed by atoms with E-state index in [0.717, 1.165) is 51.9 Å². The predicted molar refractivity (Wildman–Crippen MR) is 117 cm³/mol. The molecule has 1 fully saturated rings. The zero-order valence-corrected chi connectivity index (χ0v) is 17.2. The van der Waals surface area contributed by atoms with Crippen LogP contribution in [0.3, 0.4) is 0 Å². The number of hydrogen-bond acceptors (Lipinski definition) is 3. The second-order valence-corrected chi connectivity index (χ2v) is 7.74. The van der Waals surface area contributed by atoms with Gasteiger partial charge in [0.15, 0.2) is 0 Å². The highest BCUT2D eigenvalue weighted by atomic mass is 16.5. The van der Waals surface area contributed by atoms with E-state index >= 15 is 0 Å². The summed E-state index contributed by atoms with van der Waals surface area (Å²) in [5.41, 5.74) is 4.34. The zero-order chi connectivity index (χ0) is 20.2. The first-order valence-electron chi connectivity index (χ1n) is 10.6. The normalized spacial score (nSPS) is 14.7. The minimum absolute atomic E-state index is 0.0141. The maximum absolute atomic E-state index is 13.3. The van der Waals surface area contributed by atoms with Crippen molar-refractivity contribution in [2.45, 2.75) is 52.0 Å². The SMILES string of the molecule is CCOc1ccc(-c2nc3ccccc3c(C(=O)NC3CCCCC3)c2C)cc1. The number of fused-ring (bicyclic) bond motifs is 1. The Hall–Kier alpha value is -2.88. The van der Waals surface area contributed by atoms with Gasteiger partial charge >= 0.3 is 0 Å². The molecule has 1 saturated carbocycles. The summed E-state index contributed by atoms with van der Waals surface area (Å²) in [5.74, 6) is 0.852. The van der Waals surface area contributed by atoms with Crippen molar-refractivity contribution in [3.05, 3.63) is 59.7 Å². The van der Waals surface area contributed by atoms with Crippen LogP contribution in [0.25, 0.3) is 22.2 Å². The third-order valence-electron chi connectivity index (χ3n) is 5.74. The van der Waals surface area contributed by atoms with Gasteiger partial charge in [-0.1, -0.05) is 37.5 Å². The van der Waals surface area contributed by atoms with E-state index in [9.17, 15) is 4.79 Å². The lowest BCUT2D eigenvalue weighted by atomic mass is 9.93. The molecule has 0 bridgehead atoms. The number of carbonyl (C=O) groups excluding carboxylic acids is 1. The number of rotatable bonds is 5. The first-order valence-corrected chi connectivity index (χ1v) is 10.6. The fourth-order valence-corrected chi connectivity index (χ4v) is 4.26. The first kappa shape index (κ1) is 19.4. The molecular formula is C25H28N2O2. The summed E-state index contributed by atoms with van der Waals surface area (Å²) in [6.45, 7) is 4.61. The smallest absolute Gasteiger partial charge is 0.252 e. The van der Waals surface area contributed by atoms with Gasteiger partial charge in [-0.2, -0.15) is 0 Å². The molecular weight excluding hydrogens is 360 g/mol. The second kappa shape index (κ2) is 8.64. The topological polar surface area (TPSA) is 51.2 Å². The summed E-state index contributed by atoms with van der Waals surface area (Å²) >= 11 is 0. The Kier molecular flexibility index (Phi) is 5.79. The van der Waals surface area contributed by atoms with Crippen LogP contribution in [0, 0.1) is 6.92 Å². The van der Waals surface area contributed by atoms with E-state index in [-0.39, 0.29) is 11.9 Å². The van der Waals surface area contributed by atoms with Crippen molar-refractivity contribution < 1.29 is 9.53 Å². The predicted octanol–water partition coefficient (Wildman–Crippen LogP) is 5.67. The van der Waals surface area contributed by atoms with Gasteiger partial charge in [-0.3, -0.25) is 4.79 Å². The van der Waals surface area contributed by atoms with Gasteiger partial charge in [-0.25, -0.2) is 4.98 Å². The number of benzene rings is 2. The zero-order valence-electron chi connectivity index (χ0n) is 17.2. The van der Waals surface area contributed by atoms with Crippen LogP contribution in [-0.2, 0) is 0 Å². The van der Waals surface area contributed by atoms with Gasteiger partial charge in [0.25, 0.3) is 5.91 Å². The average Bonchev–Trinajstić information content (AvgIpc) is 2.75. The minimum Gasteiger partial charge on any atom is -0.494 e. The number of pyridine rings is 1. The Labute approximate surface area is 172 Å². The largest absolute Gasteiger partial charge is 0.494 e. The van der Waals surface area contributed by atoms with Crippen LogP contribution < -0.4 is 10.1 Å². The minimum atomic E-state index is 0.0141. The Morgan fingerprint density at radius 2 is 1.79 bits per heavy atom. The van der Waals surface area contributed by atoms with Crippen LogP contribution in [0.15, 0.2) is 48.5 Å². The molecule has 1 aromatic heterocycles. The van der Waals surface area contributed by atoms with Gasteiger partial charge < -0.3 is 10.1 Å². The van der Waals surface area contributed by atoms with Crippen molar-refractivity contribution in [3.8, 4) is 17.0 Å². The standard InChI is InChI=1S/C25H28N2O2/c1-3-29-20-15-13-18(14-16-20)24-17(2)23(21-11-7-8-12-22(21)27-24)25(28)26-19-9-5-4-6-10-19/h7-8,11-16,19H,3-6,9-10H2,1-2H3,(H,26,28). The van der Waals surface area contributed by atoms with E-state index in [0.29, 0.717) is 6.61 Å². The molecule has 0 unspecified atom stereocenters. The van der Waals surface area contributed by atoms with Crippen LogP contribution in [0.4, 0.5) is 0 Å². The van der Waals surface area contributed by atoms with E-state index in [1.54, 1.807) is 0 Å². The lowest BCUT2D eigenvalue weighted by molar-refractivity contribution is 0.0929. The molecule has 1 amide bonds. The lowest BCUT2D eigenvalue weighted by Crippen LogP contribution is -2.36. The van der Waals surface area contributed by atoms with Crippen molar-refractivity contribution in [3.63, 3.8) is 0 Å². The number of hydrogen-bond donors (Lipinski definition) is 1. The quantitative estimate of drug-likeness (QED) is 0.612. The molecule has 1 heterocycles. The average molecular weight is 389 g/mol. The maximum Gasteiger partial charge on any atom is 0.252 e. The molecule has 2 aromatic carbocycles. The van der Waals surface area contributed by atoms with Crippen LogP contribution in [0.5, 0.6) is 5.75 Å². The molecule has 0 radical (unpaired) electrons. The van der Waals surface area contributed by atoms with E-state index in [1.807, 2.05) is 62.4 Å². The Bertz CT molecular complexity index is 1010. The van der Waals surface area contributed by atoms with Crippen molar-refractivity contribution in [1.82, 2.24) is 10.3 Å². The number of nitrogens with one attached hydrogen (secondary N) is 1. The van der Waals surface area contributed by atoms with Crippen molar-refractivity contribution in [2.24, 2.45) is 0 Å². The summed E-state index contributed by atoms with van der Waals surface area (Å²) in [6, 6.07) is 16.1. The molecule has 4 nitrogen and oxygen atoms in total. The van der Waals surface area contributed by atoms with E-state index in [1.165, 1.54) is 19.3 Å². The van der Waals surface area contributed by atoms with Crippen LogP contribution in [-0.4, -0.2) is 23.5 Å². The molecule has 0 spiro atoms. The van der Waals surface area contributed by atoms with Gasteiger partial charge in [-0.15, -0.1) is 0 Å². The highest BCUT2D eigenvalue weighted by molar-refractivity contribution is 6.09. The summed E-state index contributed by atoms with van der Waals surface area (Å²) in [4.78, 5) is 18.2.